The number of carbonyl (C=O) groups excluding carboxylic acids is 2. The Labute approximate surface area is 202 Å². The maximum atomic E-state index is 12.3. The molecule has 0 aromatic heterocycles. The van der Waals surface area contributed by atoms with Crippen LogP contribution in [0.15, 0.2) is 71.8 Å². The van der Waals surface area contributed by atoms with Crippen molar-refractivity contribution < 1.29 is 23.8 Å². The SMILES string of the molecule is COc1ccc(C(=O)NCC(=O)NN=Cc2ccccc2OCc2ccccc2Cl)cc1OC. The van der Waals surface area contributed by atoms with Gasteiger partial charge in [0.25, 0.3) is 11.8 Å². The third kappa shape index (κ3) is 6.73. The minimum Gasteiger partial charge on any atom is -0.493 e. The molecule has 9 heteroatoms. The van der Waals surface area contributed by atoms with Crippen LogP contribution in [0.3, 0.4) is 0 Å². The van der Waals surface area contributed by atoms with Crippen molar-refractivity contribution in [1.29, 1.82) is 0 Å². The van der Waals surface area contributed by atoms with E-state index in [-0.39, 0.29) is 6.54 Å². The van der Waals surface area contributed by atoms with Gasteiger partial charge in [0.1, 0.15) is 12.4 Å². The van der Waals surface area contributed by atoms with E-state index in [1.165, 1.54) is 26.5 Å². The number of hydrogen-bond donors (Lipinski definition) is 2. The summed E-state index contributed by atoms with van der Waals surface area (Å²) >= 11 is 6.17. The van der Waals surface area contributed by atoms with Crippen molar-refractivity contribution in [1.82, 2.24) is 10.7 Å². The number of nitrogens with one attached hydrogen (secondary N) is 2. The normalized spacial score (nSPS) is 10.6. The standard InChI is InChI=1S/C25H24ClN3O5/c1-32-22-12-11-17(13-23(22)33-2)25(31)27-15-24(30)29-28-14-18-7-4-6-10-21(18)34-16-19-8-3-5-9-20(19)26/h3-14H,15-16H2,1-2H3,(H,27,31)(H,29,30). The van der Waals surface area contributed by atoms with Gasteiger partial charge in [0.05, 0.1) is 27.0 Å². The van der Waals surface area contributed by atoms with E-state index in [9.17, 15) is 9.59 Å². The molecule has 0 aliphatic carbocycles. The number of amides is 2. The number of halogens is 1. The number of carbonyl (C=O) groups is 2. The molecule has 0 atom stereocenters. The van der Waals surface area contributed by atoms with Crippen molar-refractivity contribution >= 4 is 29.6 Å². The number of nitrogens with zero attached hydrogens (tertiary/aromatic N) is 1. The van der Waals surface area contributed by atoms with E-state index in [0.717, 1.165) is 5.56 Å². The van der Waals surface area contributed by atoms with Gasteiger partial charge >= 0.3 is 0 Å². The number of ether oxygens (including phenoxy) is 3. The van der Waals surface area contributed by atoms with Gasteiger partial charge in [0.15, 0.2) is 11.5 Å². The molecule has 0 heterocycles. The second-order valence-electron chi connectivity index (χ2n) is 6.96. The van der Waals surface area contributed by atoms with Crippen LogP contribution in [-0.4, -0.2) is 38.8 Å². The van der Waals surface area contributed by atoms with E-state index >= 15 is 0 Å². The molecule has 0 bridgehead atoms. The fraction of sp³-hybridized carbons (Fsp3) is 0.160. The first-order valence-electron chi connectivity index (χ1n) is 10.3. The molecule has 0 saturated carbocycles. The Morgan fingerprint density at radius 3 is 2.44 bits per heavy atom. The number of hydrazone groups is 1. The first kappa shape index (κ1) is 24.6. The van der Waals surface area contributed by atoms with Crippen molar-refractivity contribution in [3.05, 3.63) is 88.4 Å². The fourth-order valence-electron chi connectivity index (χ4n) is 2.94. The van der Waals surface area contributed by atoms with Gasteiger partial charge in [-0.2, -0.15) is 5.10 Å². The smallest absolute Gasteiger partial charge is 0.259 e. The molecule has 2 N–H and O–H groups in total. The summed E-state index contributed by atoms with van der Waals surface area (Å²) in [5.74, 6) is 0.585. The summed E-state index contributed by atoms with van der Waals surface area (Å²) in [7, 11) is 2.98. The van der Waals surface area contributed by atoms with Gasteiger partial charge in [-0.15, -0.1) is 0 Å². The molecule has 176 valence electrons. The number of rotatable bonds is 10. The summed E-state index contributed by atoms with van der Waals surface area (Å²) in [6, 6.07) is 19.4. The highest BCUT2D eigenvalue weighted by atomic mass is 35.5. The Morgan fingerprint density at radius 1 is 0.941 bits per heavy atom. The molecule has 3 aromatic carbocycles. The highest BCUT2D eigenvalue weighted by Gasteiger charge is 2.12. The average molecular weight is 482 g/mol. The third-order valence-corrected chi connectivity index (χ3v) is 5.08. The van der Waals surface area contributed by atoms with E-state index in [4.69, 9.17) is 25.8 Å². The lowest BCUT2D eigenvalue weighted by Gasteiger charge is -2.10. The van der Waals surface area contributed by atoms with Gasteiger partial charge in [-0.1, -0.05) is 41.9 Å². The van der Waals surface area contributed by atoms with Gasteiger partial charge in [0, 0.05) is 21.7 Å². The van der Waals surface area contributed by atoms with E-state index in [1.807, 2.05) is 30.3 Å². The molecule has 3 aromatic rings. The first-order chi connectivity index (χ1) is 16.5. The molecule has 0 fully saturated rings. The predicted molar refractivity (Wildman–Crippen MR) is 130 cm³/mol. The number of hydrogen-bond acceptors (Lipinski definition) is 6. The fourth-order valence-corrected chi connectivity index (χ4v) is 3.13. The molecular weight excluding hydrogens is 458 g/mol. The monoisotopic (exact) mass is 481 g/mol. The molecule has 0 aliphatic heterocycles. The molecule has 8 nitrogen and oxygen atoms in total. The van der Waals surface area contributed by atoms with Crippen LogP contribution in [0, 0.1) is 0 Å². The maximum absolute atomic E-state index is 12.3. The largest absolute Gasteiger partial charge is 0.493 e. The number of methoxy groups -OCH3 is 2. The maximum Gasteiger partial charge on any atom is 0.259 e. The number of benzene rings is 3. The summed E-state index contributed by atoms with van der Waals surface area (Å²) in [5, 5.41) is 7.11. The lowest BCUT2D eigenvalue weighted by Crippen LogP contribution is -2.34. The summed E-state index contributed by atoms with van der Waals surface area (Å²) in [6.45, 7) is 0.0359. The molecule has 0 saturated heterocycles. The van der Waals surface area contributed by atoms with E-state index < -0.39 is 11.8 Å². The van der Waals surface area contributed by atoms with Crippen molar-refractivity contribution in [2.24, 2.45) is 5.10 Å². The van der Waals surface area contributed by atoms with Crippen LogP contribution in [0.1, 0.15) is 21.5 Å². The molecule has 3 rings (SSSR count). The van der Waals surface area contributed by atoms with Gasteiger partial charge < -0.3 is 19.5 Å². The Kier molecular flexibility index (Phi) is 8.88. The molecule has 0 radical (unpaired) electrons. The molecular formula is C25H24ClN3O5. The van der Waals surface area contributed by atoms with Crippen molar-refractivity contribution in [2.75, 3.05) is 20.8 Å². The summed E-state index contributed by atoms with van der Waals surface area (Å²) in [6.07, 6.45) is 1.47. The van der Waals surface area contributed by atoms with Crippen LogP contribution in [0.2, 0.25) is 5.02 Å². The zero-order valence-corrected chi connectivity index (χ0v) is 19.5. The van der Waals surface area contributed by atoms with Crippen molar-refractivity contribution in [3.63, 3.8) is 0 Å². The Balaban J connectivity index is 1.52. The highest BCUT2D eigenvalue weighted by molar-refractivity contribution is 6.31. The lowest BCUT2D eigenvalue weighted by molar-refractivity contribution is -0.120. The van der Waals surface area contributed by atoms with Crippen LogP contribution in [0.4, 0.5) is 0 Å². The predicted octanol–water partition coefficient (Wildman–Crippen LogP) is 3.82. The minimum absolute atomic E-state index is 0.255. The second-order valence-corrected chi connectivity index (χ2v) is 7.37. The zero-order valence-electron chi connectivity index (χ0n) is 18.7. The first-order valence-corrected chi connectivity index (χ1v) is 10.7. The minimum atomic E-state index is -0.487. The summed E-state index contributed by atoms with van der Waals surface area (Å²) in [5.41, 5.74) is 4.24. The van der Waals surface area contributed by atoms with Crippen LogP contribution < -0.4 is 25.0 Å². The zero-order chi connectivity index (χ0) is 24.3. The molecule has 0 spiro atoms. The quantitative estimate of drug-likeness (QED) is 0.339. The summed E-state index contributed by atoms with van der Waals surface area (Å²) in [4.78, 5) is 24.4. The lowest BCUT2D eigenvalue weighted by atomic mass is 10.2. The Morgan fingerprint density at radius 2 is 1.68 bits per heavy atom. The van der Waals surface area contributed by atoms with E-state index in [1.54, 1.807) is 30.3 Å². The summed E-state index contributed by atoms with van der Waals surface area (Å²) < 4.78 is 16.2. The molecule has 2 amide bonds. The van der Waals surface area contributed by atoms with Gasteiger partial charge in [-0.25, -0.2) is 5.43 Å². The van der Waals surface area contributed by atoms with Gasteiger partial charge in [-0.3, -0.25) is 9.59 Å². The molecule has 0 aliphatic rings. The van der Waals surface area contributed by atoms with Crippen LogP contribution >= 0.6 is 11.6 Å². The van der Waals surface area contributed by atoms with Crippen molar-refractivity contribution in [3.8, 4) is 17.2 Å². The molecule has 0 unspecified atom stereocenters. The topological polar surface area (TPSA) is 98.2 Å². The Bertz CT molecular complexity index is 1180. The Hall–Kier alpha value is -4.04. The van der Waals surface area contributed by atoms with E-state index in [2.05, 4.69) is 15.8 Å². The molecule has 34 heavy (non-hydrogen) atoms. The van der Waals surface area contributed by atoms with E-state index in [0.29, 0.717) is 40.0 Å². The van der Waals surface area contributed by atoms with Crippen molar-refractivity contribution in [2.45, 2.75) is 6.61 Å². The van der Waals surface area contributed by atoms with Gasteiger partial charge in [-0.05, 0) is 36.4 Å². The van der Waals surface area contributed by atoms with Crippen LogP contribution in [0.25, 0.3) is 0 Å². The van der Waals surface area contributed by atoms with Crippen LogP contribution in [0.5, 0.6) is 17.2 Å². The van der Waals surface area contributed by atoms with Gasteiger partial charge in [0.2, 0.25) is 0 Å². The van der Waals surface area contributed by atoms with Crippen LogP contribution in [-0.2, 0) is 11.4 Å². The highest BCUT2D eigenvalue weighted by Crippen LogP contribution is 2.27. The second kappa shape index (κ2) is 12.3. The number of para-hydroxylation sites is 1. The average Bonchev–Trinajstić information content (AvgIpc) is 2.87. The third-order valence-electron chi connectivity index (χ3n) is 4.71.